The molecule has 7 heteroatoms. The Morgan fingerprint density at radius 1 is 0.769 bits per heavy atom. The number of carbonyl (C=O) groups is 1. The van der Waals surface area contributed by atoms with Crippen LogP contribution < -0.4 is 4.90 Å². The topological polar surface area (TPSA) is 58.7 Å². The van der Waals surface area contributed by atoms with Gasteiger partial charge in [0.15, 0.2) is 0 Å². The van der Waals surface area contributed by atoms with Crippen molar-refractivity contribution in [3.8, 4) is 22.3 Å². The predicted octanol–water partition coefficient (Wildman–Crippen LogP) is 4.65. The Hall–Kier alpha value is -3.68. The van der Waals surface area contributed by atoms with E-state index < -0.39 is 0 Å². The Morgan fingerprint density at radius 3 is 2.03 bits per heavy atom. The Balaban J connectivity index is 1.27. The van der Waals surface area contributed by atoms with Crippen LogP contribution in [0.15, 0.2) is 54.9 Å². The van der Waals surface area contributed by atoms with E-state index in [-0.39, 0.29) is 5.91 Å². The molecule has 2 aliphatic rings. The molecule has 2 saturated heterocycles. The number of rotatable bonds is 4. The van der Waals surface area contributed by atoms with E-state index in [2.05, 4.69) is 78.0 Å². The first kappa shape index (κ1) is 25.6. The van der Waals surface area contributed by atoms with E-state index in [0.717, 1.165) is 85.6 Å². The normalized spacial score (nSPS) is 17.2. The zero-order valence-corrected chi connectivity index (χ0v) is 23.5. The van der Waals surface area contributed by atoms with Gasteiger partial charge in [0.2, 0.25) is 0 Å². The van der Waals surface area contributed by atoms with Gasteiger partial charge in [-0.1, -0.05) is 12.1 Å². The number of hydrogen-bond acceptors (Lipinski definition) is 5. The first-order chi connectivity index (χ1) is 18.9. The zero-order chi connectivity index (χ0) is 27.1. The number of fused-ring (bicyclic) bond motifs is 1. The van der Waals surface area contributed by atoms with Crippen LogP contribution in [0, 0.1) is 13.8 Å². The largest absolute Gasteiger partial charge is 0.369 e. The third-order valence-electron chi connectivity index (χ3n) is 8.41. The van der Waals surface area contributed by atoms with Crippen molar-refractivity contribution in [2.45, 2.75) is 13.8 Å². The fraction of sp³-hybridized carbons (Fsp3) is 0.375. The number of nitrogens with one attached hydrogen (secondary N) is 1. The maximum absolute atomic E-state index is 13.0. The number of likely N-dealkylation sites (N-methyl/N-ethyl adjacent to an activating group) is 2. The van der Waals surface area contributed by atoms with E-state index in [9.17, 15) is 4.79 Å². The maximum atomic E-state index is 13.0. The fourth-order valence-corrected chi connectivity index (χ4v) is 6.04. The number of pyridine rings is 1. The average molecular weight is 523 g/mol. The zero-order valence-electron chi connectivity index (χ0n) is 23.5. The smallest absolute Gasteiger partial charge is 0.253 e. The van der Waals surface area contributed by atoms with Gasteiger partial charge in [0.05, 0.1) is 0 Å². The molecule has 0 saturated carbocycles. The lowest BCUT2D eigenvalue weighted by atomic mass is 9.97. The Labute approximate surface area is 231 Å². The summed E-state index contributed by atoms with van der Waals surface area (Å²) in [6.07, 6.45) is 3.98. The number of carbonyl (C=O) groups excluding carboxylic acids is 1. The first-order valence-corrected chi connectivity index (χ1v) is 14.0. The monoisotopic (exact) mass is 522 g/mol. The number of aromatic nitrogens is 2. The minimum Gasteiger partial charge on any atom is -0.369 e. The van der Waals surface area contributed by atoms with E-state index >= 15 is 0 Å². The number of anilines is 1. The van der Waals surface area contributed by atoms with E-state index in [1.54, 1.807) is 0 Å². The first-order valence-electron chi connectivity index (χ1n) is 14.0. The summed E-state index contributed by atoms with van der Waals surface area (Å²) in [5, 5.41) is 1.09. The summed E-state index contributed by atoms with van der Waals surface area (Å²) in [6, 6.07) is 14.9. The molecule has 2 fully saturated rings. The molecule has 1 N–H and O–H groups in total. The summed E-state index contributed by atoms with van der Waals surface area (Å²) < 4.78 is 0. The van der Waals surface area contributed by atoms with Gasteiger partial charge in [-0.3, -0.25) is 4.79 Å². The molecule has 39 heavy (non-hydrogen) atoms. The van der Waals surface area contributed by atoms with Crippen LogP contribution in [0.5, 0.6) is 0 Å². The van der Waals surface area contributed by atoms with E-state index in [1.807, 2.05) is 29.4 Å². The standard InChI is InChI=1S/C32H38N6O/c1-22-17-26(18-23(2)30(22)37-13-9-35(3)10-14-37)27-19-28-29(21-34-31(28)33-20-27)24-5-7-25(8-6-24)32(39)38-15-11-36(4)12-16-38/h5-8,17-21H,9-16H2,1-4H3,(H,33,34). The van der Waals surface area contributed by atoms with Crippen LogP contribution in [0.25, 0.3) is 33.3 Å². The highest BCUT2D eigenvalue weighted by atomic mass is 16.2. The number of H-pyrrole nitrogens is 1. The molecule has 2 aromatic carbocycles. The van der Waals surface area contributed by atoms with Gasteiger partial charge >= 0.3 is 0 Å². The third kappa shape index (κ3) is 5.04. The summed E-state index contributed by atoms with van der Waals surface area (Å²) in [4.78, 5) is 30.2. The molecule has 0 bridgehead atoms. The molecule has 6 rings (SSSR count). The molecule has 2 aromatic heterocycles. The summed E-state index contributed by atoms with van der Waals surface area (Å²) in [5.41, 5.74) is 10.1. The van der Waals surface area contributed by atoms with Crippen LogP contribution in [-0.2, 0) is 0 Å². The molecule has 2 aliphatic heterocycles. The van der Waals surface area contributed by atoms with Gasteiger partial charge in [-0.2, -0.15) is 0 Å². The third-order valence-corrected chi connectivity index (χ3v) is 8.41. The number of amides is 1. The van der Waals surface area contributed by atoms with Gasteiger partial charge in [-0.25, -0.2) is 4.98 Å². The van der Waals surface area contributed by atoms with Crippen LogP contribution in [0.3, 0.4) is 0 Å². The second-order valence-corrected chi connectivity index (χ2v) is 11.2. The number of nitrogens with zero attached hydrogens (tertiary/aromatic N) is 5. The molecule has 7 nitrogen and oxygen atoms in total. The van der Waals surface area contributed by atoms with Crippen molar-refractivity contribution in [3.63, 3.8) is 0 Å². The van der Waals surface area contributed by atoms with Crippen molar-refractivity contribution in [1.82, 2.24) is 24.7 Å². The number of aryl methyl sites for hydroxylation is 2. The van der Waals surface area contributed by atoms with E-state index in [0.29, 0.717) is 0 Å². The van der Waals surface area contributed by atoms with Gasteiger partial charge in [-0.05, 0) is 80.5 Å². The highest BCUT2D eigenvalue weighted by molar-refractivity contribution is 5.98. The van der Waals surface area contributed by atoms with Gasteiger partial charge in [0, 0.05) is 92.5 Å². The lowest BCUT2D eigenvalue weighted by Gasteiger charge is -2.36. The average Bonchev–Trinajstić information content (AvgIpc) is 3.37. The van der Waals surface area contributed by atoms with Gasteiger partial charge < -0.3 is 24.6 Å². The number of aromatic amines is 1. The SMILES string of the molecule is Cc1cc(-c2cnc3[nH]cc(-c4ccc(C(=O)N5CCN(C)CC5)cc4)c3c2)cc(C)c1N1CCN(C)CC1. The van der Waals surface area contributed by atoms with Crippen molar-refractivity contribution in [2.24, 2.45) is 0 Å². The van der Waals surface area contributed by atoms with Gasteiger partial charge in [0.1, 0.15) is 5.65 Å². The predicted molar refractivity (Wildman–Crippen MR) is 160 cm³/mol. The summed E-state index contributed by atoms with van der Waals surface area (Å²) in [6.45, 7) is 12.2. The van der Waals surface area contributed by atoms with Gasteiger partial charge in [0.25, 0.3) is 5.91 Å². The minimum atomic E-state index is 0.114. The molecule has 0 radical (unpaired) electrons. The Morgan fingerprint density at radius 2 is 1.38 bits per heavy atom. The van der Waals surface area contributed by atoms with Crippen LogP contribution in [0.4, 0.5) is 5.69 Å². The molecule has 4 aromatic rings. The Kier molecular flexibility index (Phi) is 6.87. The molecule has 4 heterocycles. The molecular weight excluding hydrogens is 484 g/mol. The van der Waals surface area contributed by atoms with Crippen molar-refractivity contribution >= 4 is 22.6 Å². The molecule has 1 amide bonds. The fourth-order valence-electron chi connectivity index (χ4n) is 6.04. The van der Waals surface area contributed by atoms with Gasteiger partial charge in [-0.15, -0.1) is 0 Å². The molecule has 0 atom stereocenters. The molecular formula is C32H38N6O. The molecule has 0 aliphatic carbocycles. The van der Waals surface area contributed by atoms with E-state index in [4.69, 9.17) is 4.98 Å². The molecule has 202 valence electrons. The molecule has 0 unspecified atom stereocenters. The number of benzene rings is 2. The van der Waals surface area contributed by atoms with Crippen molar-refractivity contribution in [2.75, 3.05) is 71.4 Å². The summed E-state index contributed by atoms with van der Waals surface area (Å²) >= 11 is 0. The second-order valence-electron chi connectivity index (χ2n) is 11.2. The summed E-state index contributed by atoms with van der Waals surface area (Å²) in [7, 11) is 4.30. The van der Waals surface area contributed by atoms with Crippen LogP contribution >= 0.6 is 0 Å². The minimum absolute atomic E-state index is 0.114. The van der Waals surface area contributed by atoms with E-state index in [1.165, 1.54) is 22.4 Å². The highest BCUT2D eigenvalue weighted by Gasteiger charge is 2.21. The van der Waals surface area contributed by atoms with Crippen molar-refractivity contribution in [1.29, 1.82) is 0 Å². The summed E-state index contributed by atoms with van der Waals surface area (Å²) in [5.74, 6) is 0.114. The lowest BCUT2D eigenvalue weighted by Crippen LogP contribution is -2.47. The van der Waals surface area contributed by atoms with Crippen LogP contribution in [-0.4, -0.2) is 97.0 Å². The Bertz CT molecular complexity index is 1470. The highest BCUT2D eigenvalue weighted by Crippen LogP contribution is 2.35. The lowest BCUT2D eigenvalue weighted by molar-refractivity contribution is 0.0664. The van der Waals surface area contributed by atoms with Crippen LogP contribution in [0.1, 0.15) is 21.5 Å². The number of hydrogen-bond donors (Lipinski definition) is 1. The second kappa shape index (κ2) is 10.5. The van der Waals surface area contributed by atoms with Crippen molar-refractivity contribution in [3.05, 3.63) is 71.5 Å². The van der Waals surface area contributed by atoms with Crippen molar-refractivity contribution < 1.29 is 4.79 Å². The molecule has 0 spiro atoms. The van der Waals surface area contributed by atoms with Crippen LogP contribution in [0.2, 0.25) is 0 Å². The maximum Gasteiger partial charge on any atom is 0.253 e. The number of piperazine rings is 2. The quantitative estimate of drug-likeness (QED) is 0.423.